The highest BCUT2D eigenvalue weighted by atomic mass is 16.5. The van der Waals surface area contributed by atoms with Crippen LogP contribution in [-0.4, -0.2) is 85.3 Å². The number of nitrogens with zero attached hydrogens (tertiary/aromatic N) is 6. The first-order valence-corrected chi connectivity index (χ1v) is 16.2. The lowest BCUT2D eigenvalue weighted by Gasteiger charge is -2.13. The van der Waals surface area contributed by atoms with Gasteiger partial charge in [-0.1, -0.05) is 64.8 Å². The van der Waals surface area contributed by atoms with Gasteiger partial charge in [0, 0.05) is 42.4 Å². The first-order chi connectivity index (χ1) is 21.6. The predicted molar refractivity (Wildman–Crippen MR) is 170 cm³/mol. The van der Waals surface area contributed by atoms with Crippen molar-refractivity contribution in [1.29, 1.82) is 0 Å². The Labute approximate surface area is 272 Å². The summed E-state index contributed by atoms with van der Waals surface area (Å²) in [6.07, 6.45) is 7.33. The van der Waals surface area contributed by atoms with Gasteiger partial charge in [0.2, 0.25) is 0 Å². The van der Waals surface area contributed by atoms with Crippen LogP contribution in [0.25, 0.3) is 0 Å². The molecule has 0 bridgehead atoms. The largest absolute Gasteiger partial charge is 0.379 e. The van der Waals surface area contributed by atoms with Crippen LogP contribution in [0, 0.1) is 16.7 Å². The summed E-state index contributed by atoms with van der Waals surface area (Å²) in [7, 11) is 0. The molecule has 2 aromatic rings. The Hall–Kier alpha value is -3.45. The quantitative estimate of drug-likeness (QED) is 0.123. The number of ketones is 5. The number of rotatable bonds is 23. The number of carbonyl (C=O) groups is 5. The molecule has 0 N–H and O–H groups in total. The Kier molecular flexibility index (Phi) is 15.7. The van der Waals surface area contributed by atoms with Crippen LogP contribution in [0.1, 0.15) is 121 Å². The lowest BCUT2D eigenvalue weighted by atomic mass is 9.89. The fourth-order valence-electron chi connectivity index (χ4n) is 4.52. The van der Waals surface area contributed by atoms with Crippen molar-refractivity contribution in [3.63, 3.8) is 0 Å². The van der Waals surface area contributed by atoms with Gasteiger partial charge in [-0.25, -0.2) is 9.36 Å². The molecule has 0 unspecified atom stereocenters. The van der Waals surface area contributed by atoms with Crippen LogP contribution in [0.5, 0.6) is 0 Å². The van der Waals surface area contributed by atoms with Crippen molar-refractivity contribution in [3.8, 4) is 0 Å². The Morgan fingerprint density at radius 1 is 0.674 bits per heavy atom. The fraction of sp³-hybridized carbons (Fsp3) is 0.727. The minimum Gasteiger partial charge on any atom is -0.379 e. The number of hydrogen-bond donors (Lipinski definition) is 0. The molecule has 256 valence electrons. The second-order valence-corrected chi connectivity index (χ2v) is 13.8. The molecular formula is C33H52N6O7. The second-order valence-electron chi connectivity index (χ2n) is 13.8. The molecule has 0 aliphatic rings. The van der Waals surface area contributed by atoms with E-state index < -0.39 is 10.8 Å². The van der Waals surface area contributed by atoms with E-state index in [0.717, 1.165) is 19.3 Å². The van der Waals surface area contributed by atoms with Crippen LogP contribution >= 0.6 is 0 Å². The molecule has 0 radical (unpaired) electrons. The van der Waals surface area contributed by atoms with Crippen molar-refractivity contribution in [3.05, 3.63) is 23.8 Å². The molecule has 0 fully saturated rings. The standard InChI is InChI=1S/C33H52N6O7/c1-24(40)25(21-27(42)14-18-46-20-16-39-23-29(35-37-39)31(44)33(5,6)7)11-9-8-10-12-26(41)13-17-45-19-15-38-22-28(34-36-38)30(43)32(2,3)4/h22-23,25H,8-21H2,1-7H3/t25-/m1/s1. The summed E-state index contributed by atoms with van der Waals surface area (Å²) in [6.45, 7) is 14.6. The van der Waals surface area contributed by atoms with Gasteiger partial charge in [0.1, 0.15) is 28.7 Å². The average Bonchev–Trinajstić information content (AvgIpc) is 3.64. The fourth-order valence-corrected chi connectivity index (χ4v) is 4.52. The molecule has 2 heterocycles. The minimum atomic E-state index is -0.533. The number of hydrogen-bond acceptors (Lipinski definition) is 11. The highest BCUT2D eigenvalue weighted by molar-refractivity contribution is 5.98. The van der Waals surface area contributed by atoms with Gasteiger partial charge < -0.3 is 9.47 Å². The van der Waals surface area contributed by atoms with Crippen molar-refractivity contribution in [2.24, 2.45) is 16.7 Å². The van der Waals surface area contributed by atoms with Crippen LogP contribution < -0.4 is 0 Å². The second kappa shape index (κ2) is 18.6. The maximum Gasteiger partial charge on any atom is 0.190 e. The first kappa shape index (κ1) is 38.7. The van der Waals surface area contributed by atoms with E-state index in [4.69, 9.17) is 9.47 Å². The molecular weight excluding hydrogens is 592 g/mol. The molecule has 0 aromatic carbocycles. The molecule has 0 spiro atoms. The number of ether oxygens (including phenoxy) is 2. The third kappa shape index (κ3) is 14.3. The zero-order valence-corrected chi connectivity index (χ0v) is 28.7. The van der Waals surface area contributed by atoms with Crippen LogP contribution in [0.4, 0.5) is 0 Å². The maximum absolute atomic E-state index is 12.5. The summed E-state index contributed by atoms with van der Waals surface area (Å²) < 4.78 is 14.2. The van der Waals surface area contributed by atoms with E-state index in [1.54, 1.807) is 21.8 Å². The van der Waals surface area contributed by atoms with Crippen molar-refractivity contribution in [1.82, 2.24) is 30.0 Å². The lowest BCUT2D eigenvalue weighted by Crippen LogP contribution is -2.20. The van der Waals surface area contributed by atoms with Gasteiger partial charge in [0.25, 0.3) is 0 Å². The molecule has 0 aliphatic heterocycles. The molecule has 46 heavy (non-hydrogen) atoms. The smallest absolute Gasteiger partial charge is 0.190 e. The van der Waals surface area contributed by atoms with Crippen LogP contribution in [0.3, 0.4) is 0 Å². The molecule has 0 amide bonds. The molecule has 0 saturated carbocycles. The summed E-state index contributed by atoms with van der Waals surface area (Å²) in [5.74, 6) is -0.365. The molecule has 2 rings (SSSR count). The summed E-state index contributed by atoms with van der Waals surface area (Å²) in [5, 5.41) is 15.8. The van der Waals surface area contributed by atoms with Crippen LogP contribution in [0.2, 0.25) is 0 Å². The summed E-state index contributed by atoms with van der Waals surface area (Å²) in [5.41, 5.74) is -0.406. The van der Waals surface area contributed by atoms with Gasteiger partial charge >= 0.3 is 0 Å². The van der Waals surface area contributed by atoms with E-state index in [1.165, 1.54) is 6.92 Å². The number of aromatic nitrogens is 6. The molecule has 0 saturated heterocycles. The number of Topliss-reactive ketones (excluding diaryl/α,β-unsaturated/α-hetero) is 5. The molecule has 1 atom stereocenters. The topological polar surface area (TPSA) is 165 Å². The lowest BCUT2D eigenvalue weighted by molar-refractivity contribution is -0.127. The van der Waals surface area contributed by atoms with E-state index in [9.17, 15) is 24.0 Å². The molecule has 0 aliphatic carbocycles. The van der Waals surface area contributed by atoms with Gasteiger partial charge in [-0.3, -0.25) is 24.0 Å². The SMILES string of the molecule is CC(=O)[C@H](CCCCCC(=O)CCOCCn1cc(C(=O)C(C)(C)C)nn1)CC(=O)CCOCCn1cc(C(=O)C(C)(C)C)nn1. The predicted octanol–water partition coefficient (Wildman–Crippen LogP) is 4.52. The Balaban J connectivity index is 1.52. The Morgan fingerprint density at radius 2 is 1.15 bits per heavy atom. The monoisotopic (exact) mass is 644 g/mol. The van der Waals surface area contributed by atoms with Crippen LogP contribution in [0.15, 0.2) is 12.4 Å². The van der Waals surface area contributed by atoms with E-state index in [1.807, 2.05) is 41.5 Å². The van der Waals surface area contributed by atoms with E-state index in [-0.39, 0.29) is 54.3 Å². The molecule has 13 nitrogen and oxygen atoms in total. The highest BCUT2D eigenvalue weighted by Crippen LogP contribution is 2.20. The first-order valence-electron chi connectivity index (χ1n) is 16.2. The van der Waals surface area contributed by atoms with Gasteiger partial charge in [-0.2, -0.15) is 0 Å². The van der Waals surface area contributed by atoms with Crippen LogP contribution in [-0.2, 0) is 36.9 Å². The number of carbonyl (C=O) groups excluding carboxylic acids is 5. The normalized spacial score (nSPS) is 12.7. The Bertz CT molecular complexity index is 1300. The van der Waals surface area contributed by atoms with Crippen molar-refractivity contribution in [2.45, 2.75) is 113 Å². The van der Waals surface area contributed by atoms with Gasteiger partial charge in [-0.15, -0.1) is 10.2 Å². The highest BCUT2D eigenvalue weighted by Gasteiger charge is 2.26. The summed E-state index contributed by atoms with van der Waals surface area (Å²) in [4.78, 5) is 61.3. The molecule has 13 heteroatoms. The van der Waals surface area contributed by atoms with Crippen molar-refractivity contribution in [2.75, 3.05) is 26.4 Å². The van der Waals surface area contributed by atoms with E-state index in [2.05, 4.69) is 20.6 Å². The van der Waals surface area contributed by atoms with Gasteiger partial charge in [0.15, 0.2) is 11.6 Å². The maximum atomic E-state index is 12.5. The van der Waals surface area contributed by atoms with Gasteiger partial charge in [0.05, 0.1) is 51.9 Å². The van der Waals surface area contributed by atoms with E-state index >= 15 is 0 Å². The third-order valence-electron chi connectivity index (χ3n) is 7.44. The van der Waals surface area contributed by atoms with Gasteiger partial charge in [-0.05, 0) is 19.8 Å². The molecule has 2 aromatic heterocycles. The minimum absolute atomic E-state index is 0.00259. The Morgan fingerprint density at radius 3 is 1.61 bits per heavy atom. The van der Waals surface area contributed by atoms with Crippen molar-refractivity contribution < 1.29 is 33.4 Å². The summed E-state index contributed by atoms with van der Waals surface area (Å²) in [6, 6.07) is 0. The number of unbranched alkanes of at least 4 members (excludes halogenated alkanes) is 2. The third-order valence-corrected chi connectivity index (χ3v) is 7.44. The average molecular weight is 645 g/mol. The zero-order chi connectivity index (χ0) is 34.3. The van der Waals surface area contributed by atoms with E-state index in [0.29, 0.717) is 63.6 Å². The zero-order valence-electron chi connectivity index (χ0n) is 28.7. The summed E-state index contributed by atoms with van der Waals surface area (Å²) >= 11 is 0. The van der Waals surface area contributed by atoms with Crippen molar-refractivity contribution >= 4 is 28.9 Å².